The number of hydrogen-bond acceptors (Lipinski definition) is 6. The standard InChI is InChI=1S/C18H18ClN3O2S/c1-9(2)24-18(23)15-11(4)14-16(20-8-21-17(14)25-15)22-13-6-5-12(19)7-10(13)3/h5-9H,1-4H3,(H,20,21,22). The van der Waals surface area contributed by atoms with E-state index in [4.69, 9.17) is 16.3 Å². The van der Waals surface area contributed by atoms with E-state index in [-0.39, 0.29) is 12.1 Å². The van der Waals surface area contributed by atoms with Crippen LogP contribution < -0.4 is 5.32 Å². The summed E-state index contributed by atoms with van der Waals surface area (Å²) in [6, 6.07) is 5.61. The molecule has 2 aromatic heterocycles. The smallest absolute Gasteiger partial charge is 0.348 e. The van der Waals surface area contributed by atoms with Gasteiger partial charge in [-0.2, -0.15) is 0 Å². The monoisotopic (exact) mass is 375 g/mol. The van der Waals surface area contributed by atoms with E-state index in [9.17, 15) is 4.79 Å². The maximum Gasteiger partial charge on any atom is 0.348 e. The highest BCUT2D eigenvalue weighted by atomic mass is 35.5. The highest BCUT2D eigenvalue weighted by Crippen LogP contribution is 2.35. The van der Waals surface area contributed by atoms with E-state index >= 15 is 0 Å². The van der Waals surface area contributed by atoms with Crippen LogP contribution in [0, 0.1) is 13.8 Å². The van der Waals surface area contributed by atoms with Gasteiger partial charge in [0, 0.05) is 10.7 Å². The Morgan fingerprint density at radius 3 is 2.72 bits per heavy atom. The molecule has 0 aliphatic rings. The summed E-state index contributed by atoms with van der Waals surface area (Å²) in [6.45, 7) is 7.52. The molecule has 0 bridgehead atoms. The number of ether oxygens (including phenoxy) is 1. The predicted octanol–water partition coefficient (Wildman–Crippen LogP) is 5.27. The Bertz CT molecular complexity index is 953. The molecule has 0 saturated carbocycles. The first-order valence-corrected chi connectivity index (χ1v) is 9.04. The Hall–Kier alpha value is -2.18. The van der Waals surface area contributed by atoms with Gasteiger partial charge in [0.25, 0.3) is 0 Å². The van der Waals surface area contributed by atoms with Gasteiger partial charge < -0.3 is 10.1 Å². The number of thiophene rings is 1. The second kappa shape index (κ2) is 6.98. The van der Waals surface area contributed by atoms with Crippen LogP contribution in [0.4, 0.5) is 11.5 Å². The van der Waals surface area contributed by atoms with Crippen molar-refractivity contribution in [2.24, 2.45) is 0 Å². The van der Waals surface area contributed by atoms with Gasteiger partial charge in [0.2, 0.25) is 0 Å². The van der Waals surface area contributed by atoms with Crippen LogP contribution in [-0.4, -0.2) is 22.0 Å². The van der Waals surface area contributed by atoms with Crippen molar-refractivity contribution in [3.8, 4) is 0 Å². The van der Waals surface area contributed by atoms with Crippen molar-refractivity contribution in [1.82, 2.24) is 9.97 Å². The van der Waals surface area contributed by atoms with E-state index in [2.05, 4.69) is 15.3 Å². The molecular formula is C18H18ClN3O2S. The number of halogens is 1. The van der Waals surface area contributed by atoms with Gasteiger partial charge in [-0.15, -0.1) is 11.3 Å². The molecule has 2 heterocycles. The van der Waals surface area contributed by atoms with Crippen LogP contribution in [0.3, 0.4) is 0 Å². The van der Waals surface area contributed by atoms with Gasteiger partial charge in [-0.05, 0) is 57.0 Å². The predicted molar refractivity (Wildman–Crippen MR) is 102 cm³/mol. The zero-order valence-corrected chi connectivity index (χ0v) is 16.0. The lowest BCUT2D eigenvalue weighted by atomic mass is 10.1. The zero-order valence-electron chi connectivity index (χ0n) is 14.4. The topological polar surface area (TPSA) is 64.1 Å². The van der Waals surface area contributed by atoms with E-state index in [0.717, 1.165) is 27.0 Å². The third kappa shape index (κ3) is 3.60. The van der Waals surface area contributed by atoms with Crippen LogP contribution >= 0.6 is 22.9 Å². The maximum atomic E-state index is 12.3. The van der Waals surface area contributed by atoms with E-state index in [1.54, 1.807) is 0 Å². The first kappa shape index (κ1) is 17.6. The Kier molecular flexibility index (Phi) is 4.92. The minimum absolute atomic E-state index is 0.169. The Balaban J connectivity index is 2.04. The summed E-state index contributed by atoms with van der Waals surface area (Å²) < 4.78 is 5.33. The lowest BCUT2D eigenvalue weighted by molar-refractivity contribution is 0.0383. The number of nitrogens with one attached hydrogen (secondary N) is 1. The number of fused-ring (bicyclic) bond motifs is 1. The van der Waals surface area contributed by atoms with Crippen molar-refractivity contribution in [1.29, 1.82) is 0 Å². The number of hydrogen-bond donors (Lipinski definition) is 1. The molecule has 5 nitrogen and oxygen atoms in total. The number of benzene rings is 1. The van der Waals surface area contributed by atoms with Crippen molar-refractivity contribution >= 4 is 50.6 Å². The van der Waals surface area contributed by atoms with E-state index < -0.39 is 0 Å². The van der Waals surface area contributed by atoms with Gasteiger partial charge in [-0.25, -0.2) is 14.8 Å². The summed E-state index contributed by atoms with van der Waals surface area (Å²) in [5, 5.41) is 4.83. The maximum absolute atomic E-state index is 12.3. The number of rotatable bonds is 4. The molecule has 0 atom stereocenters. The third-order valence-corrected chi connectivity index (χ3v) is 5.11. The van der Waals surface area contributed by atoms with Crippen LogP contribution in [0.2, 0.25) is 5.02 Å². The highest BCUT2D eigenvalue weighted by Gasteiger charge is 2.21. The van der Waals surface area contributed by atoms with Gasteiger partial charge in [0.1, 0.15) is 21.9 Å². The average molecular weight is 376 g/mol. The number of aryl methyl sites for hydroxylation is 2. The second-order valence-corrected chi connectivity index (χ2v) is 7.43. The molecule has 25 heavy (non-hydrogen) atoms. The summed E-state index contributed by atoms with van der Waals surface area (Å²) in [4.78, 5) is 22.3. The summed E-state index contributed by atoms with van der Waals surface area (Å²) in [5.41, 5.74) is 2.73. The van der Waals surface area contributed by atoms with Crippen molar-refractivity contribution in [3.63, 3.8) is 0 Å². The minimum Gasteiger partial charge on any atom is -0.459 e. The van der Waals surface area contributed by atoms with E-state index in [0.29, 0.717) is 15.7 Å². The van der Waals surface area contributed by atoms with E-state index in [1.807, 2.05) is 45.9 Å². The molecule has 0 saturated heterocycles. The van der Waals surface area contributed by atoms with Crippen LogP contribution in [-0.2, 0) is 4.74 Å². The lowest BCUT2D eigenvalue weighted by Gasteiger charge is -2.10. The lowest BCUT2D eigenvalue weighted by Crippen LogP contribution is -2.11. The molecule has 0 aliphatic carbocycles. The normalized spacial score (nSPS) is 11.1. The molecule has 3 rings (SSSR count). The molecule has 0 spiro atoms. The fraction of sp³-hybridized carbons (Fsp3) is 0.278. The van der Waals surface area contributed by atoms with Crippen LogP contribution in [0.1, 0.15) is 34.6 Å². The number of carbonyl (C=O) groups excluding carboxylic acids is 1. The molecular weight excluding hydrogens is 358 g/mol. The molecule has 130 valence electrons. The molecule has 0 aliphatic heterocycles. The molecule has 1 aromatic carbocycles. The van der Waals surface area contributed by atoms with Crippen molar-refractivity contribution in [2.75, 3.05) is 5.32 Å². The summed E-state index contributed by atoms with van der Waals surface area (Å²) in [5.74, 6) is 0.330. The van der Waals surface area contributed by atoms with E-state index in [1.165, 1.54) is 17.7 Å². The average Bonchev–Trinajstić information content (AvgIpc) is 2.88. The second-order valence-electron chi connectivity index (χ2n) is 6.00. The van der Waals surface area contributed by atoms with Gasteiger partial charge in [-0.3, -0.25) is 0 Å². The molecule has 1 N–H and O–H groups in total. The zero-order chi connectivity index (χ0) is 18.1. The Morgan fingerprint density at radius 1 is 1.28 bits per heavy atom. The van der Waals surface area contributed by atoms with Gasteiger partial charge in [-0.1, -0.05) is 11.6 Å². The summed E-state index contributed by atoms with van der Waals surface area (Å²) in [7, 11) is 0. The van der Waals surface area contributed by atoms with Gasteiger partial charge >= 0.3 is 5.97 Å². The highest BCUT2D eigenvalue weighted by molar-refractivity contribution is 7.20. The van der Waals surface area contributed by atoms with Crippen molar-refractivity contribution in [3.05, 3.63) is 45.6 Å². The molecule has 0 fully saturated rings. The Morgan fingerprint density at radius 2 is 2.04 bits per heavy atom. The molecule has 0 amide bonds. The number of esters is 1. The molecule has 0 radical (unpaired) electrons. The first-order chi connectivity index (χ1) is 11.9. The van der Waals surface area contributed by atoms with Gasteiger partial charge in [0.15, 0.2) is 0 Å². The van der Waals surface area contributed by atoms with Gasteiger partial charge in [0.05, 0.1) is 11.5 Å². The van der Waals surface area contributed by atoms with Crippen molar-refractivity contribution < 1.29 is 9.53 Å². The number of nitrogens with zero attached hydrogens (tertiary/aromatic N) is 2. The fourth-order valence-electron chi connectivity index (χ4n) is 2.52. The number of aromatic nitrogens is 2. The minimum atomic E-state index is -0.330. The molecule has 0 unspecified atom stereocenters. The molecule has 7 heteroatoms. The molecule has 3 aromatic rings. The number of anilines is 2. The summed E-state index contributed by atoms with van der Waals surface area (Å²) in [6.07, 6.45) is 1.32. The Labute approximate surface area is 155 Å². The largest absolute Gasteiger partial charge is 0.459 e. The third-order valence-electron chi connectivity index (χ3n) is 3.70. The first-order valence-electron chi connectivity index (χ1n) is 7.85. The van der Waals surface area contributed by atoms with Crippen LogP contribution in [0.15, 0.2) is 24.5 Å². The summed E-state index contributed by atoms with van der Waals surface area (Å²) >= 11 is 7.34. The van der Waals surface area contributed by atoms with Crippen molar-refractivity contribution in [2.45, 2.75) is 33.8 Å². The quantitative estimate of drug-likeness (QED) is 0.629. The fourth-order valence-corrected chi connectivity index (χ4v) is 3.78. The van der Waals surface area contributed by atoms with Crippen LogP contribution in [0.25, 0.3) is 10.2 Å². The van der Waals surface area contributed by atoms with Crippen LogP contribution in [0.5, 0.6) is 0 Å². The number of carbonyl (C=O) groups is 1. The SMILES string of the molecule is Cc1cc(Cl)ccc1Nc1ncnc2sc(C(=O)OC(C)C)c(C)c12.